The van der Waals surface area contributed by atoms with Crippen molar-refractivity contribution < 1.29 is 28.6 Å². The van der Waals surface area contributed by atoms with Crippen molar-refractivity contribution in [2.75, 3.05) is 33.5 Å². The number of likely N-dealkylation sites (N-methyl/N-ethyl adjacent to an activating group) is 1. The second-order valence-electron chi connectivity index (χ2n) is 7.91. The van der Waals surface area contributed by atoms with Crippen molar-refractivity contribution in [3.05, 3.63) is 29.8 Å². The smallest absolute Gasteiger partial charge is 0.242 e. The highest BCUT2D eigenvalue weighted by molar-refractivity contribution is 7.59. The fourth-order valence-corrected chi connectivity index (χ4v) is 4.96. The standard InChI is InChI=1S/C21H34N3O6P/c1-14(2)10-16(12-31(28,29)13-19(25)22-3)20(26)24-18(21(27)23-4)11-15-6-8-17(30-5)9-7-15/h6-9,14,16,18H,10-13H2,1-5H3,(H,22,25)(H,23,27)(H,24,26)(H,28,29)/t16-,18+/m1/s1. The third kappa shape index (κ3) is 9.53. The van der Waals surface area contributed by atoms with Gasteiger partial charge in [0.05, 0.1) is 7.11 Å². The maximum Gasteiger partial charge on any atom is 0.242 e. The molecule has 0 bridgehead atoms. The Labute approximate surface area is 183 Å². The molecule has 0 saturated heterocycles. The quantitative estimate of drug-likeness (QED) is 0.349. The second-order valence-corrected chi connectivity index (χ2v) is 10.3. The third-order valence-electron chi connectivity index (χ3n) is 4.78. The number of methoxy groups -OCH3 is 1. The lowest BCUT2D eigenvalue weighted by Gasteiger charge is -2.24. The van der Waals surface area contributed by atoms with Gasteiger partial charge in [0.25, 0.3) is 0 Å². The van der Waals surface area contributed by atoms with Gasteiger partial charge >= 0.3 is 0 Å². The van der Waals surface area contributed by atoms with E-state index in [1.54, 1.807) is 31.4 Å². The van der Waals surface area contributed by atoms with Gasteiger partial charge in [-0.15, -0.1) is 0 Å². The molecule has 1 aromatic carbocycles. The lowest BCUT2D eigenvalue weighted by Crippen LogP contribution is -2.49. The summed E-state index contributed by atoms with van der Waals surface area (Å²) in [6.45, 7) is 3.80. The predicted molar refractivity (Wildman–Crippen MR) is 119 cm³/mol. The summed E-state index contributed by atoms with van der Waals surface area (Å²) in [6, 6.07) is 6.29. The van der Waals surface area contributed by atoms with Gasteiger partial charge in [-0.3, -0.25) is 18.9 Å². The number of benzene rings is 1. The molecule has 0 heterocycles. The lowest BCUT2D eigenvalue weighted by molar-refractivity contribution is -0.130. The average Bonchev–Trinajstić information content (AvgIpc) is 2.71. The highest BCUT2D eigenvalue weighted by Crippen LogP contribution is 2.43. The topological polar surface area (TPSA) is 134 Å². The Bertz CT molecular complexity index is 797. The number of rotatable bonds is 12. The molecule has 1 rings (SSSR count). The molecule has 1 unspecified atom stereocenters. The summed E-state index contributed by atoms with van der Waals surface area (Å²) >= 11 is 0. The zero-order valence-corrected chi connectivity index (χ0v) is 19.7. The normalized spacial score (nSPS) is 14.8. The van der Waals surface area contributed by atoms with Crippen LogP contribution in [0.1, 0.15) is 25.8 Å². The lowest BCUT2D eigenvalue weighted by atomic mass is 9.97. The van der Waals surface area contributed by atoms with Gasteiger partial charge in [-0.25, -0.2) is 0 Å². The van der Waals surface area contributed by atoms with Gasteiger partial charge in [-0.05, 0) is 30.0 Å². The van der Waals surface area contributed by atoms with E-state index in [1.807, 2.05) is 13.8 Å². The molecule has 0 fully saturated rings. The van der Waals surface area contributed by atoms with Crippen LogP contribution in [0.4, 0.5) is 0 Å². The Kier molecular flexibility index (Phi) is 10.7. The van der Waals surface area contributed by atoms with E-state index < -0.39 is 37.3 Å². The Morgan fingerprint density at radius 1 is 1.06 bits per heavy atom. The van der Waals surface area contributed by atoms with E-state index in [9.17, 15) is 23.8 Å². The fraction of sp³-hybridized carbons (Fsp3) is 0.571. The number of hydrogen-bond donors (Lipinski definition) is 4. The minimum Gasteiger partial charge on any atom is -0.497 e. The van der Waals surface area contributed by atoms with E-state index in [-0.39, 0.29) is 24.4 Å². The van der Waals surface area contributed by atoms with Crippen molar-refractivity contribution >= 4 is 25.1 Å². The van der Waals surface area contributed by atoms with Crippen LogP contribution in [0.3, 0.4) is 0 Å². The number of ether oxygens (including phenoxy) is 1. The van der Waals surface area contributed by atoms with Crippen molar-refractivity contribution in [1.29, 1.82) is 0 Å². The molecule has 0 saturated carbocycles. The first-order valence-electron chi connectivity index (χ1n) is 10.2. The Hall–Kier alpha value is -2.38. The van der Waals surface area contributed by atoms with Crippen molar-refractivity contribution in [3.63, 3.8) is 0 Å². The summed E-state index contributed by atoms with van der Waals surface area (Å²) in [6.07, 6.45) is -0.268. The van der Waals surface area contributed by atoms with Gasteiger partial charge in [0, 0.05) is 32.6 Å². The van der Waals surface area contributed by atoms with Crippen LogP contribution >= 0.6 is 7.37 Å². The summed E-state index contributed by atoms with van der Waals surface area (Å²) in [4.78, 5) is 47.2. The Morgan fingerprint density at radius 3 is 2.16 bits per heavy atom. The molecular weight excluding hydrogens is 421 g/mol. The number of amides is 3. The van der Waals surface area contributed by atoms with E-state index in [0.29, 0.717) is 12.2 Å². The van der Waals surface area contributed by atoms with Gasteiger partial charge in [0.1, 0.15) is 18.0 Å². The van der Waals surface area contributed by atoms with Gasteiger partial charge in [-0.2, -0.15) is 0 Å². The maximum atomic E-state index is 13.0. The Balaban J connectivity index is 2.99. The van der Waals surface area contributed by atoms with Crippen LogP contribution in [0.5, 0.6) is 5.75 Å². The molecule has 3 atom stereocenters. The summed E-state index contributed by atoms with van der Waals surface area (Å²) in [5.41, 5.74) is 0.822. The van der Waals surface area contributed by atoms with E-state index in [4.69, 9.17) is 4.74 Å². The number of hydrogen-bond acceptors (Lipinski definition) is 5. The number of carbonyl (C=O) groups excluding carboxylic acids is 3. The summed E-state index contributed by atoms with van der Waals surface area (Å²) in [5.74, 6) is -1.46. The van der Waals surface area contributed by atoms with Crippen molar-refractivity contribution in [2.45, 2.75) is 32.7 Å². The van der Waals surface area contributed by atoms with Crippen molar-refractivity contribution in [1.82, 2.24) is 16.0 Å². The number of nitrogens with one attached hydrogen (secondary N) is 3. The van der Waals surface area contributed by atoms with Crippen molar-refractivity contribution in [2.24, 2.45) is 11.8 Å². The molecule has 0 aliphatic heterocycles. The van der Waals surface area contributed by atoms with Crippen LogP contribution < -0.4 is 20.7 Å². The van der Waals surface area contributed by atoms with Crippen LogP contribution in [-0.4, -0.2) is 62.2 Å². The van der Waals surface area contributed by atoms with Gasteiger partial charge < -0.3 is 25.6 Å². The van der Waals surface area contributed by atoms with Crippen LogP contribution in [0, 0.1) is 11.8 Å². The zero-order chi connectivity index (χ0) is 23.6. The maximum absolute atomic E-state index is 13.0. The highest BCUT2D eigenvalue weighted by atomic mass is 31.2. The molecule has 1 aromatic rings. The minimum atomic E-state index is -3.87. The fourth-order valence-electron chi connectivity index (χ4n) is 3.22. The first kappa shape index (κ1) is 26.7. The molecule has 0 aliphatic rings. The number of carbonyl (C=O) groups is 3. The SMILES string of the molecule is CNC(=O)CP(=O)(O)C[C@@H](CC(C)C)C(=O)N[C@@H](Cc1ccc(OC)cc1)C(=O)NC. The summed E-state index contributed by atoms with van der Waals surface area (Å²) in [7, 11) is 0.550. The van der Waals surface area contributed by atoms with Crippen molar-refractivity contribution in [3.8, 4) is 5.75 Å². The molecule has 0 spiro atoms. The zero-order valence-electron chi connectivity index (χ0n) is 18.8. The molecule has 10 heteroatoms. The molecule has 0 aliphatic carbocycles. The monoisotopic (exact) mass is 455 g/mol. The molecule has 174 valence electrons. The molecule has 9 nitrogen and oxygen atoms in total. The first-order chi connectivity index (χ1) is 14.5. The minimum absolute atomic E-state index is 0.0794. The molecule has 31 heavy (non-hydrogen) atoms. The molecular formula is C21H34N3O6P. The van der Waals surface area contributed by atoms with Gasteiger partial charge in [0.2, 0.25) is 25.1 Å². The van der Waals surface area contributed by atoms with E-state index in [0.717, 1.165) is 5.56 Å². The predicted octanol–water partition coefficient (Wildman–Crippen LogP) is 1.15. The van der Waals surface area contributed by atoms with E-state index in [2.05, 4.69) is 16.0 Å². The highest BCUT2D eigenvalue weighted by Gasteiger charge is 2.33. The van der Waals surface area contributed by atoms with E-state index >= 15 is 0 Å². The second kappa shape index (κ2) is 12.5. The summed E-state index contributed by atoms with van der Waals surface area (Å²) < 4.78 is 17.7. The van der Waals surface area contributed by atoms with Gasteiger partial charge in [-0.1, -0.05) is 26.0 Å². The molecule has 3 amide bonds. The van der Waals surface area contributed by atoms with Gasteiger partial charge in [0.15, 0.2) is 0 Å². The summed E-state index contributed by atoms with van der Waals surface area (Å²) in [5, 5.41) is 7.59. The van der Waals surface area contributed by atoms with Crippen LogP contribution in [0.2, 0.25) is 0 Å². The first-order valence-corrected chi connectivity index (χ1v) is 12.2. The largest absolute Gasteiger partial charge is 0.497 e. The van der Waals surface area contributed by atoms with Crippen LogP contribution in [0.15, 0.2) is 24.3 Å². The third-order valence-corrected chi connectivity index (χ3v) is 6.57. The molecule has 0 aromatic heterocycles. The Morgan fingerprint density at radius 2 is 1.68 bits per heavy atom. The average molecular weight is 455 g/mol. The van der Waals surface area contributed by atoms with E-state index in [1.165, 1.54) is 14.1 Å². The molecule has 4 N–H and O–H groups in total. The van der Waals surface area contributed by atoms with Crippen LogP contribution in [0.25, 0.3) is 0 Å². The van der Waals surface area contributed by atoms with Crippen LogP contribution in [-0.2, 0) is 25.4 Å². The molecule has 0 radical (unpaired) electrons.